The third-order valence-corrected chi connectivity index (χ3v) is 3.06. The molecule has 0 saturated heterocycles. The number of carbonyl (C=O) groups excluding carboxylic acids is 2. The van der Waals surface area contributed by atoms with E-state index in [-0.39, 0.29) is 0 Å². The first-order valence-electron chi connectivity index (χ1n) is 4.36. The van der Waals surface area contributed by atoms with Crippen molar-refractivity contribution in [3.63, 3.8) is 0 Å². The van der Waals surface area contributed by atoms with Gasteiger partial charge >= 0.3 is 5.97 Å². The van der Waals surface area contributed by atoms with E-state index in [0.717, 1.165) is 4.88 Å². The Kier molecular flexibility index (Phi) is 5.01. The maximum Gasteiger partial charge on any atom is 0.333 e. The summed E-state index contributed by atoms with van der Waals surface area (Å²) in [7, 11) is 1.25. The normalized spacial score (nSPS) is 13.0. The molecule has 16 heavy (non-hydrogen) atoms. The minimum Gasteiger partial charge on any atom is -0.467 e. The molecule has 6 heteroatoms. The fourth-order valence-corrected chi connectivity index (χ4v) is 2.25. The van der Waals surface area contributed by atoms with E-state index < -0.39 is 12.0 Å². The van der Waals surface area contributed by atoms with Crippen LogP contribution >= 0.6 is 22.9 Å². The van der Waals surface area contributed by atoms with Crippen molar-refractivity contribution in [2.75, 3.05) is 7.11 Å². The van der Waals surface area contributed by atoms with Gasteiger partial charge in [-0.1, -0.05) is 17.7 Å². The molecule has 0 aliphatic rings. The lowest BCUT2D eigenvalue weighted by molar-refractivity contribution is -0.142. The lowest BCUT2D eigenvalue weighted by Crippen LogP contribution is -2.37. The minimum absolute atomic E-state index is 0.440. The number of esters is 1. The highest BCUT2D eigenvalue weighted by molar-refractivity contribution is 7.11. The molecule has 1 rings (SSSR count). The molecular weight excluding hydrogens is 250 g/mol. The third-order valence-electron chi connectivity index (χ3n) is 1.91. The summed E-state index contributed by atoms with van der Waals surface area (Å²) in [4.78, 5) is 22.7. The summed E-state index contributed by atoms with van der Waals surface area (Å²) in [6.45, 7) is 0. The van der Waals surface area contributed by atoms with E-state index in [0.29, 0.717) is 12.0 Å². The van der Waals surface area contributed by atoms with Crippen molar-refractivity contribution >= 4 is 40.9 Å². The van der Waals surface area contributed by atoms with Crippen LogP contribution in [0, 0.1) is 0 Å². The van der Waals surface area contributed by atoms with Crippen LogP contribution in [-0.2, 0) is 14.3 Å². The number of halogens is 1. The highest BCUT2D eigenvalue weighted by atomic mass is 35.5. The van der Waals surface area contributed by atoms with Crippen LogP contribution in [0.1, 0.15) is 4.88 Å². The van der Waals surface area contributed by atoms with Crippen LogP contribution in [0.4, 0.5) is 0 Å². The molecule has 1 heterocycles. The van der Waals surface area contributed by atoms with Gasteiger partial charge in [-0.05, 0) is 11.4 Å². The Morgan fingerprint density at radius 3 is 2.88 bits per heavy atom. The molecule has 1 aromatic heterocycles. The number of thiophene rings is 1. The molecule has 4 nitrogen and oxygen atoms in total. The van der Waals surface area contributed by atoms with Crippen LogP contribution in [0.2, 0.25) is 0 Å². The monoisotopic (exact) mass is 259 g/mol. The van der Waals surface area contributed by atoms with Crippen molar-refractivity contribution in [3.05, 3.63) is 27.9 Å². The Bertz CT molecular complexity index is 389. The Labute approximate surface area is 102 Å². The number of nitrogens with one attached hydrogen (secondary N) is 1. The van der Waals surface area contributed by atoms with E-state index in [1.165, 1.54) is 24.0 Å². The summed E-state index contributed by atoms with van der Waals surface area (Å²) in [6.07, 6.45) is 0.440. The maximum atomic E-state index is 11.5. The van der Waals surface area contributed by atoms with Crippen molar-refractivity contribution < 1.29 is 14.3 Å². The highest BCUT2D eigenvalue weighted by Gasteiger charge is 2.24. The molecule has 1 N–H and O–H groups in total. The molecule has 0 saturated carbocycles. The second-order valence-electron chi connectivity index (χ2n) is 2.78. The standard InChI is InChI=1S/C10H10ClNO3S/c1-15-10(14)9(12-6-13)7(5-11)8-3-2-4-16-8/h2-6,9H,1H3,(H,12,13). The Morgan fingerprint density at radius 2 is 2.44 bits per heavy atom. The van der Waals surface area contributed by atoms with Gasteiger partial charge in [0.2, 0.25) is 6.41 Å². The van der Waals surface area contributed by atoms with E-state index in [9.17, 15) is 9.59 Å². The van der Waals surface area contributed by atoms with E-state index in [1.807, 2.05) is 11.4 Å². The first kappa shape index (κ1) is 12.7. The lowest BCUT2D eigenvalue weighted by atomic mass is 10.1. The summed E-state index contributed by atoms with van der Waals surface area (Å²) < 4.78 is 4.59. The Hall–Kier alpha value is -1.33. The van der Waals surface area contributed by atoms with Crippen LogP contribution in [-0.4, -0.2) is 25.5 Å². The second kappa shape index (κ2) is 6.30. The van der Waals surface area contributed by atoms with Gasteiger partial charge in [0.1, 0.15) is 0 Å². The van der Waals surface area contributed by atoms with E-state index in [2.05, 4.69) is 10.1 Å². The summed E-state index contributed by atoms with van der Waals surface area (Å²) >= 11 is 7.09. The first-order chi connectivity index (χ1) is 7.74. The van der Waals surface area contributed by atoms with Gasteiger partial charge in [-0.15, -0.1) is 11.3 Å². The summed E-state index contributed by atoms with van der Waals surface area (Å²) in [5, 5.41) is 4.22. The quantitative estimate of drug-likeness (QED) is 0.646. The smallest absolute Gasteiger partial charge is 0.333 e. The summed E-state index contributed by atoms with van der Waals surface area (Å²) in [5.74, 6) is -0.563. The molecule has 0 aliphatic carbocycles. The molecule has 0 radical (unpaired) electrons. The van der Waals surface area contributed by atoms with E-state index in [1.54, 1.807) is 6.07 Å². The number of methoxy groups -OCH3 is 1. The fourth-order valence-electron chi connectivity index (χ4n) is 1.17. The SMILES string of the molecule is COC(=O)C(NC=O)C(=CCl)c1cccs1. The molecule has 0 spiro atoms. The van der Waals surface area contributed by atoms with Crippen molar-refractivity contribution in [1.82, 2.24) is 5.32 Å². The Morgan fingerprint density at radius 1 is 1.69 bits per heavy atom. The zero-order valence-corrected chi connectivity index (χ0v) is 10.0. The van der Waals surface area contributed by atoms with Gasteiger partial charge in [-0.2, -0.15) is 0 Å². The highest BCUT2D eigenvalue weighted by Crippen LogP contribution is 2.24. The largest absolute Gasteiger partial charge is 0.467 e. The zero-order valence-electron chi connectivity index (χ0n) is 8.48. The second-order valence-corrected chi connectivity index (χ2v) is 3.95. The molecule has 1 amide bonds. The van der Waals surface area contributed by atoms with Gasteiger partial charge in [0.15, 0.2) is 6.04 Å². The van der Waals surface area contributed by atoms with Gasteiger partial charge < -0.3 is 10.1 Å². The first-order valence-corrected chi connectivity index (χ1v) is 5.68. The molecule has 1 atom stereocenters. The summed E-state index contributed by atoms with van der Waals surface area (Å²) in [6, 6.07) is 2.76. The van der Waals surface area contributed by atoms with Crippen LogP contribution in [0.15, 0.2) is 23.0 Å². The lowest BCUT2D eigenvalue weighted by Gasteiger charge is -2.15. The molecule has 0 aliphatic heterocycles. The molecule has 0 bridgehead atoms. The van der Waals surface area contributed by atoms with Crippen molar-refractivity contribution in [1.29, 1.82) is 0 Å². The van der Waals surface area contributed by atoms with E-state index >= 15 is 0 Å². The number of hydrogen-bond donors (Lipinski definition) is 1. The van der Waals surface area contributed by atoms with Gasteiger partial charge in [0.25, 0.3) is 0 Å². The van der Waals surface area contributed by atoms with Crippen LogP contribution in [0.3, 0.4) is 0 Å². The van der Waals surface area contributed by atoms with Gasteiger partial charge in [-0.3, -0.25) is 4.79 Å². The van der Waals surface area contributed by atoms with Crippen molar-refractivity contribution in [2.45, 2.75) is 6.04 Å². The zero-order chi connectivity index (χ0) is 12.0. The summed E-state index contributed by atoms with van der Waals surface area (Å²) in [5.41, 5.74) is 1.78. The number of amides is 1. The molecule has 86 valence electrons. The van der Waals surface area contributed by atoms with Gasteiger partial charge in [0, 0.05) is 16.0 Å². The predicted octanol–water partition coefficient (Wildman–Crippen LogP) is 1.62. The average molecular weight is 260 g/mol. The van der Waals surface area contributed by atoms with Crippen LogP contribution in [0.25, 0.3) is 5.57 Å². The van der Waals surface area contributed by atoms with Crippen molar-refractivity contribution in [3.8, 4) is 0 Å². The maximum absolute atomic E-state index is 11.5. The number of ether oxygens (including phenoxy) is 1. The molecule has 0 fully saturated rings. The van der Waals surface area contributed by atoms with Gasteiger partial charge in [-0.25, -0.2) is 4.79 Å². The fraction of sp³-hybridized carbons (Fsp3) is 0.200. The third kappa shape index (κ3) is 2.84. The number of rotatable bonds is 5. The predicted molar refractivity (Wildman–Crippen MR) is 63.2 cm³/mol. The topological polar surface area (TPSA) is 55.4 Å². The van der Waals surface area contributed by atoms with Crippen molar-refractivity contribution in [2.24, 2.45) is 0 Å². The van der Waals surface area contributed by atoms with Gasteiger partial charge in [0.05, 0.1) is 7.11 Å². The number of hydrogen-bond acceptors (Lipinski definition) is 4. The van der Waals surface area contributed by atoms with E-state index in [4.69, 9.17) is 11.6 Å². The molecule has 1 aromatic rings. The van der Waals surface area contributed by atoms with Crippen LogP contribution < -0.4 is 5.32 Å². The molecule has 1 unspecified atom stereocenters. The minimum atomic E-state index is -0.876. The molecular formula is C10H10ClNO3S. The number of carbonyl (C=O) groups is 2. The van der Waals surface area contributed by atoms with Crippen LogP contribution in [0.5, 0.6) is 0 Å². The molecule has 0 aromatic carbocycles. The average Bonchev–Trinajstić information content (AvgIpc) is 2.81. The Balaban J connectivity index is 3.00.